The van der Waals surface area contributed by atoms with Crippen molar-refractivity contribution in [2.75, 3.05) is 5.32 Å². The highest BCUT2D eigenvalue weighted by Gasteiger charge is 2.16. The number of anilines is 1. The van der Waals surface area contributed by atoms with E-state index in [0.29, 0.717) is 18.5 Å². The fourth-order valence-corrected chi connectivity index (χ4v) is 2.70. The van der Waals surface area contributed by atoms with E-state index in [2.05, 4.69) is 10.3 Å². The zero-order valence-corrected chi connectivity index (χ0v) is 14.0. The molecule has 0 unspecified atom stereocenters. The van der Waals surface area contributed by atoms with Crippen LogP contribution in [0.1, 0.15) is 45.2 Å². The van der Waals surface area contributed by atoms with Crippen molar-refractivity contribution in [3.05, 3.63) is 39.7 Å². The van der Waals surface area contributed by atoms with Gasteiger partial charge in [-0.05, 0) is 36.5 Å². The van der Waals surface area contributed by atoms with E-state index in [0.717, 1.165) is 22.0 Å². The van der Waals surface area contributed by atoms with E-state index >= 15 is 0 Å². The Labute approximate surface area is 130 Å². The Morgan fingerprint density at radius 2 is 1.95 bits per heavy atom. The van der Waals surface area contributed by atoms with E-state index in [4.69, 9.17) is 0 Å². The SMILES string of the molecule is CCc1c(C)c2ccc(NC(=O)CC(C)(C)C)cc2[nH]c1=O. The van der Waals surface area contributed by atoms with E-state index in [9.17, 15) is 9.59 Å². The zero-order chi connectivity index (χ0) is 16.5. The van der Waals surface area contributed by atoms with Crippen molar-refractivity contribution < 1.29 is 4.79 Å². The number of H-pyrrole nitrogens is 1. The molecule has 2 aromatic rings. The summed E-state index contributed by atoms with van der Waals surface area (Å²) < 4.78 is 0. The van der Waals surface area contributed by atoms with E-state index in [1.165, 1.54) is 0 Å². The molecule has 4 nitrogen and oxygen atoms in total. The molecule has 0 radical (unpaired) electrons. The molecular weight excluding hydrogens is 276 g/mol. The average molecular weight is 300 g/mol. The molecule has 0 fully saturated rings. The van der Waals surface area contributed by atoms with Gasteiger partial charge in [0, 0.05) is 23.1 Å². The second kappa shape index (κ2) is 5.95. The van der Waals surface area contributed by atoms with Crippen LogP contribution in [0.3, 0.4) is 0 Å². The summed E-state index contributed by atoms with van der Waals surface area (Å²) in [5.74, 6) is -0.0175. The van der Waals surface area contributed by atoms with Gasteiger partial charge >= 0.3 is 0 Å². The van der Waals surface area contributed by atoms with E-state index in [1.807, 2.05) is 52.8 Å². The number of hydrogen-bond donors (Lipinski definition) is 2. The van der Waals surface area contributed by atoms with Crippen LogP contribution < -0.4 is 10.9 Å². The minimum absolute atomic E-state index is 0.0175. The van der Waals surface area contributed by atoms with Gasteiger partial charge in [-0.15, -0.1) is 0 Å². The number of nitrogens with one attached hydrogen (secondary N) is 2. The molecule has 0 aliphatic carbocycles. The predicted molar refractivity (Wildman–Crippen MR) is 91.4 cm³/mol. The molecule has 22 heavy (non-hydrogen) atoms. The Balaban J connectivity index is 2.36. The van der Waals surface area contributed by atoms with Gasteiger partial charge in [0.15, 0.2) is 0 Å². The molecule has 0 saturated carbocycles. The van der Waals surface area contributed by atoms with Crippen molar-refractivity contribution in [1.82, 2.24) is 4.98 Å². The first kappa shape index (κ1) is 16.3. The second-order valence-corrected chi connectivity index (χ2v) is 6.96. The van der Waals surface area contributed by atoms with Crippen LogP contribution in [0.2, 0.25) is 0 Å². The fraction of sp³-hybridized carbons (Fsp3) is 0.444. The first-order valence-electron chi connectivity index (χ1n) is 7.66. The van der Waals surface area contributed by atoms with Crippen molar-refractivity contribution in [1.29, 1.82) is 0 Å². The summed E-state index contributed by atoms with van der Waals surface area (Å²) in [4.78, 5) is 27.0. The summed E-state index contributed by atoms with van der Waals surface area (Å²) in [7, 11) is 0. The molecule has 0 aliphatic rings. The topological polar surface area (TPSA) is 62.0 Å². The highest BCUT2D eigenvalue weighted by molar-refractivity contribution is 5.94. The molecular formula is C18H24N2O2. The number of amides is 1. The zero-order valence-electron chi connectivity index (χ0n) is 14.0. The van der Waals surface area contributed by atoms with E-state index in [1.54, 1.807) is 0 Å². The molecule has 2 N–H and O–H groups in total. The number of carbonyl (C=O) groups excluding carboxylic acids is 1. The fourth-order valence-electron chi connectivity index (χ4n) is 2.70. The maximum atomic E-state index is 12.1. The molecule has 2 rings (SSSR count). The minimum Gasteiger partial charge on any atom is -0.326 e. The number of aryl methyl sites for hydroxylation is 1. The molecule has 4 heteroatoms. The van der Waals surface area contributed by atoms with Crippen LogP contribution in [0.5, 0.6) is 0 Å². The van der Waals surface area contributed by atoms with Crippen LogP contribution in [0, 0.1) is 12.3 Å². The van der Waals surface area contributed by atoms with Crippen LogP contribution in [0.4, 0.5) is 5.69 Å². The number of fused-ring (bicyclic) bond motifs is 1. The summed E-state index contributed by atoms with van der Waals surface area (Å²) in [5.41, 5.74) is 3.19. The van der Waals surface area contributed by atoms with Gasteiger partial charge in [0.1, 0.15) is 0 Å². The van der Waals surface area contributed by atoms with Crippen molar-refractivity contribution in [2.45, 2.75) is 47.5 Å². The second-order valence-electron chi connectivity index (χ2n) is 6.96. The van der Waals surface area contributed by atoms with E-state index < -0.39 is 0 Å². The number of pyridine rings is 1. The lowest BCUT2D eigenvalue weighted by Crippen LogP contribution is -2.19. The third-order valence-corrected chi connectivity index (χ3v) is 3.73. The van der Waals surface area contributed by atoms with Crippen molar-refractivity contribution in [2.24, 2.45) is 5.41 Å². The lowest BCUT2D eigenvalue weighted by atomic mass is 9.92. The van der Waals surface area contributed by atoms with Crippen LogP contribution in [0.15, 0.2) is 23.0 Å². The predicted octanol–water partition coefficient (Wildman–Crippen LogP) is 3.77. The van der Waals surface area contributed by atoms with Gasteiger partial charge in [-0.1, -0.05) is 33.8 Å². The summed E-state index contributed by atoms with van der Waals surface area (Å²) in [5, 5.41) is 3.92. The third kappa shape index (κ3) is 3.56. The highest BCUT2D eigenvalue weighted by atomic mass is 16.1. The number of aromatic amines is 1. The Bertz CT molecular complexity index is 767. The summed E-state index contributed by atoms with van der Waals surface area (Å²) in [6.45, 7) is 10.0. The van der Waals surface area contributed by atoms with Gasteiger partial charge in [0.2, 0.25) is 5.91 Å². The molecule has 1 amide bonds. The molecule has 0 spiro atoms. The Morgan fingerprint density at radius 1 is 1.27 bits per heavy atom. The first-order chi connectivity index (χ1) is 10.2. The molecule has 1 heterocycles. The molecule has 1 aromatic heterocycles. The largest absolute Gasteiger partial charge is 0.326 e. The quantitative estimate of drug-likeness (QED) is 0.906. The monoisotopic (exact) mass is 300 g/mol. The number of benzene rings is 1. The average Bonchev–Trinajstić information content (AvgIpc) is 2.36. The minimum atomic E-state index is -0.0537. The standard InChI is InChI=1S/C18H24N2O2/c1-6-13-11(2)14-8-7-12(9-15(14)20-17(13)22)19-16(21)10-18(3,4)5/h7-9H,6,10H2,1-5H3,(H,19,21)(H,20,22). The molecule has 1 aromatic carbocycles. The molecule has 118 valence electrons. The Kier molecular flexibility index (Phi) is 4.40. The smallest absolute Gasteiger partial charge is 0.251 e. The maximum absolute atomic E-state index is 12.1. The number of aromatic nitrogens is 1. The van der Waals surface area contributed by atoms with Crippen molar-refractivity contribution in [3.63, 3.8) is 0 Å². The van der Waals surface area contributed by atoms with Gasteiger partial charge in [0.05, 0.1) is 5.52 Å². The molecule has 0 atom stereocenters. The lowest BCUT2D eigenvalue weighted by Gasteiger charge is -2.17. The maximum Gasteiger partial charge on any atom is 0.251 e. The normalized spacial score (nSPS) is 11.7. The summed E-state index contributed by atoms with van der Waals surface area (Å²) in [6.07, 6.45) is 1.16. The van der Waals surface area contributed by atoms with Crippen LogP contribution in [-0.2, 0) is 11.2 Å². The van der Waals surface area contributed by atoms with Crippen LogP contribution >= 0.6 is 0 Å². The highest BCUT2D eigenvalue weighted by Crippen LogP contribution is 2.23. The molecule has 0 bridgehead atoms. The Morgan fingerprint density at radius 3 is 2.55 bits per heavy atom. The molecule has 0 aliphatic heterocycles. The van der Waals surface area contributed by atoms with Crippen LogP contribution in [-0.4, -0.2) is 10.9 Å². The van der Waals surface area contributed by atoms with Gasteiger partial charge in [-0.2, -0.15) is 0 Å². The van der Waals surface area contributed by atoms with Crippen molar-refractivity contribution >= 4 is 22.5 Å². The van der Waals surface area contributed by atoms with Gasteiger partial charge in [-0.3, -0.25) is 9.59 Å². The summed E-state index contributed by atoms with van der Waals surface area (Å²) >= 11 is 0. The number of carbonyl (C=O) groups is 1. The lowest BCUT2D eigenvalue weighted by molar-refractivity contribution is -0.117. The summed E-state index contributed by atoms with van der Waals surface area (Å²) in [6, 6.07) is 5.66. The Hall–Kier alpha value is -2.10. The molecule has 0 saturated heterocycles. The van der Waals surface area contributed by atoms with Crippen LogP contribution in [0.25, 0.3) is 10.9 Å². The van der Waals surface area contributed by atoms with Gasteiger partial charge < -0.3 is 10.3 Å². The van der Waals surface area contributed by atoms with Gasteiger partial charge in [0.25, 0.3) is 5.56 Å². The number of hydrogen-bond acceptors (Lipinski definition) is 2. The van der Waals surface area contributed by atoms with E-state index in [-0.39, 0.29) is 16.9 Å². The van der Waals surface area contributed by atoms with Crippen molar-refractivity contribution in [3.8, 4) is 0 Å². The van der Waals surface area contributed by atoms with Gasteiger partial charge in [-0.25, -0.2) is 0 Å². The first-order valence-corrected chi connectivity index (χ1v) is 7.66. The number of rotatable bonds is 3. The third-order valence-electron chi connectivity index (χ3n) is 3.73.